The van der Waals surface area contributed by atoms with Crippen LogP contribution in [0.1, 0.15) is 30.1 Å². The van der Waals surface area contributed by atoms with Crippen LogP contribution in [0.4, 0.5) is 0 Å². The van der Waals surface area contributed by atoms with E-state index in [1.54, 1.807) is 0 Å². The Morgan fingerprint density at radius 1 is 1.33 bits per heavy atom. The van der Waals surface area contributed by atoms with E-state index in [4.69, 9.17) is 4.42 Å². The molecule has 3 nitrogen and oxygen atoms in total. The second kappa shape index (κ2) is 5.96. The van der Waals surface area contributed by atoms with Gasteiger partial charge in [-0.15, -0.1) is 0 Å². The molecule has 2 rings (SSSR count). The summed E-state index contributed by atoms with van der Waals surface area (Å²) in [5, 5.41) is 0.801. The van der Waals surface area contributed by atoms with Crippen molar-refractivity contribution in [3.63, 3.8) is 0 Å². The summed E-state index contributed by atoms with van der Waals surface area (Å²) in [6.45, 7) is 2.04. The Morgan fingerprint density at radius 2 is 2.11 bits per heavy atom. The maximum Gasteiger partial charge on any atom is 0.179 e. The molecule has 0 bridgehead atoms. The first kappa shape index (κ1) is 13.0. The summed E-state index contributed by atoms with van der Waals surface area (Å²) in [7, 11) is -1.07. The van der Waals surface area contributed by atoms with Gasteiger partial charge in [-0.2, -0.15) is 0 Å². The molecule has 0 saturated carbocycles. The van der Waals surface area contributed by atoms with E-state index in [1.165, 1.54) is 6.26 Å². The minimum Gasteiger partial charge on any atom is -0.464 e. The van der Waals surface area contributed by atoms with Gasteiger partial charge in [-0.1, -0.05) is 31.5 Å². The Kier molecular flexibility index (Phi) is 4.31. The Morgan fingerprint density at radius 3 is 2.89 bits per heavy atom. The Labute approximate surface area is 109 Å². The van der Waals surface area contributed by atoms with Gasteiger partial charge in [-0.25, -0.2) is 0 Å². The highest BCUT2D eigenvalue weighted by molar-refractivity contribution is 7.85. The fourth-order valence-corrected chi connectivity index (χ4v) is 3.00. The van der Waals surface area contributed by atoms with Crippen LogP contribution in [0.2, 0.25) is 0 Å². The van der Waals surface area contributed by atoms with Gasteiger partial charge in [0.25, 0.3) is 0 Å². The van der Waals surface area contributed by atoms with Crippen LogP contribution in [-0.2, 0) is 10.8 Å². The van der Waals surface area contributed by atoms with Crippen molar-refractivity contribution in [1.29, 1.82) is 0 Å². The molecule has 0 amide bonds. The molecule has 1 atom stereocenters. The highest BCUT2D eigenvalue weighted by atomic mass is 32.2. The second-order valence-corrected chi connectivity index (χ2v) is 5.79. The zero-order chi connectivity index (χ0) is 13.0. The van der Waals surface area contributed by atoms with Crippen LogP contribution >= 0.6 is 0 Å². The van der Waals surface area contributed by atoms with Gasteiger partial charge in [0, 0.05) is 21.9 Å². The van der Waals surface area contributed by atoms with Crippen LogP contribution in [0.25, 0.3) is 11.0 Å². The number of hydrogen-bond donors (Lipinski definition) is 0. The summed E-state index contributed by atoms with van der Waals surface area (Å²) in [6.07, 6.45) is 3.35. The lowest BCUT2D eigenvalue weighted by molar-refractivity contribution is 0.102. The van der Waals surface area contributed by atoms with E-state index >= 15 is 0 Å². The first-order chi connectivity index (χ1) is 8.72. The molecule has 4 heteroatoms. The van der Waals surface area contributed by atoms with E-state index < -0.39 is 10.8 Å². The highest BCUT2D eigenvalue weighted by Gasteiger charge is 2.15. The number of unbranched alkanes of at least 4 members (excludes halogenated alkanes) is 1. The quantitative estimate of drug-likeness (QED) is 0.753. The first-order valence-electron chi connectivity index (χ1n) is 6.06. The van der Waals surface area contributed by atoms with E-state index in [1.807, 2.05) is 31.2 Å². The number of hydrogen-bond acceptors (Lipinski definition) is 3. The molecule has 0 fully saturated rings. The molecular weight excluding hydrogens is 248 g/mol. The van der Waals surface area contributed by atoms with E-state index in [0.717, 1.165) is 18.2 Å². The van der Waals surface area contributed by atoms with Gasteiger partial charge in [0.15, 0.2) is 5.78 Å². The standard InChI is InChI=1S/C14H16O3S/c1-2-3-8-18(16)10-13(15)12-9-17-14-7-5-4-6-11(12)14/h4-7,9H,2-3,8,10H2,1H3. The third-order valence-corrected chi connectivity index (χ3v) is 4.13. The molecule has 0 aliphatic rings. The van der Waals surface area contributed by atoms with Crippen LogP contribution in [0.5, 0.6) is 0 Å². The van der Waals surface area contributed by atoms with Gasteiger partial charge in [-0.3, -0.25) is 9.00 Å². The molecular formula is C14H16O3S. The maximum atomic E-state index is 12.0. The molecule has 0 spiro atoms. The Hall–Kier alpha value is -1.42. The number of Topliss-reactive ketones (excluding diaryl/α,β-unsaturated/α-hetero) is 1. The molecule has 1 heterocycles. The van der Waals surface area contributed by atoms with Gasteiger partial charge < -0.3 is 4.42 Å². The number of carbonyl (C=O) groups is 1. The van der Waals surface area contributed by atoms with Crippen LogP contribution in [0, 0.1) is 0 Å². The monoisotopic (exact) mass is 264 g/mol. The van der Waals surface area contributed by atoms with Crippen LogP contribution in [0.15, 0.2) is 34.9 Å². The summed E-state index contributed by atoms with van der Waals surface area (Å²) in [4.78, 5) is 12.0. The van der Waals surface area contributed by atoms with Crippen molar-refractivity contribution in [2.75, 3.05) is 11.5 Å². The summed E-state index contributed by atoms with van der Waals surface area (Å²) in [5.41, 5.74) is 1.23. The predicted octanol–water partition coefficient (Wildman–Crippen LogP) is 3.16. The van der Waals surface area contributed by atoms with Gasteiger partial charge in [0.1, 0.15) is 11.8 Å². The summed E-state index contributed by atoms with van der Waals surface area (Å²) in [6, 6.07) is 7.39. The van der Waals surface area contributed by atoms with Crippen molar-refractivity contribution in [2.24, 2.45) is 0 Å². The first-order valence-corrected chi connectivity index (χ1v) is 7.55. The minimum absolute atomic E-state index is 0.0868. The number of furan rings is 1. The SMILES string of the molecule is CCCCS(=O)CC(=O)c1coc2ccccc12. The van der Waals surface area contributed by atoms with E-state index in [-0.39, 0.29) is 11.5 Å². The molecule has 1 unspecified atom stereocenters. The molecule has 18 heavy (non-hydrogen) atoms. The predicted molar refractivity (Wildman–Crippen MR) is 73.3 cm³/mol. The second-order valence-electron chi connectivity index (χ2n) is 4.21. The maximum absolute atomic E-state index is 12.0. The zero-order valence-electron chi connectivity index (χ0n) is 10.3. The summed E-state index contributed by atoms with van der Waals surface area (Å²) < 4.78 is 17.0. The lowest BCUT2D eigenvalue weighted by Crippen LogP contribution is -2.12. The fourth-order valence-electron chi connectivity index (χ4n) is 1.80. The number of para-hydroxylation sites is 1. The topological polar surface area (TPSA) is 47.3 Å². The third-order valence-electron chi connectivity index (χ3n) is 2.80. The van der Waals surface area contributed by atoms with Crippen molar-refractivity contribution < 1.29 is 13.4 Å². The molecule has 0 saturated heterocycles. The van der Waals surface area contributed by atoms with Crippen LogP contribution < -0.4 is 0 Å². The van der Waals surface area contributed by atoms with Gasteiger partial charge in [0.05, 0.1) is 11.3 Å². The molecule has 2 aromatic rings. The molecule has 0 aliphatic carbocycles. The summed E-state index contributed by atoms with van der Waals surface area (Å²) >= 11 is 0. The van der Waals surface area contributed by atoms with Gasteiger partial charge >= 0.3 is 0 Å². The van der Waals surface area contributed by atoms with Crippen molar-refractivity contribution in [3.05, 3.63) is 36.1 Å². The minimum atomic E-state index is -1.07. The molecule has 0 N–H and O–H groups in total. The van der Waals surface area contributed by atoms with Crippen molar-refractivity contribution in [1.82, 2.24) is 0 Å². The number of rotatable bonds is 6. The van der Waals surface area contributed by atoms with E-state index in [9.17, 15) is 9.00 Å². The number of carbonyl (C=O) groups excluding carboxylic acids is 1. The molecule has 96 valence electrons. The van der Waals surface area contributed by atoms with Crippen LogP contribution in [-0.4, -0.2) is 21.5 Å². The number of ketones is 1. The number of benzene rings is 1. The van der Waals surface area contributed by atoms with Crippen molar-refractivity contribution in [2.45, 2.75) is 19.8 Å². The van der Waals surface area contributed by atoms with Crippen molar-refractivity contribution >= 4 is 27.6 Å². The third kappa shape index (κ3) is 2.88. The highest BCUT2D eigenvalue weighted by Crippen LogP contribution is 2.21. The van der Waals surface area contributed by atoms with Crippen molar-refractivity contribution in [3.8, 4) is 0 Å². The average Bonchev–Trinajstić information content (AvgIpc) is 2.80. The normalized spacial score (nSPS) is 12.7. The molecule has 1 aromatic heterocycles. The largest absolute Gasteiger partial charge is 0.464 e. The van der Waals surface area contributed by atoms with Crippen LogP contribution in [0.3, 0.4) is 0 Å². The smallest absolute Gasteiger partial charge is 0.179 e. The fraction of sp³-hybridized carbons (Fsp3) is 0.357. The van der Waals surface area contributed by atoms with Gasteiger partial charge in [-0.05, 0) is 12.5 Å². The zero-order valence-corrected chi connectivity index (χ0v) is 11.2. The van der Waals surface area contributed by atoms with E-state index in [2.05, 4.69) is 0 Å². The Balaban J connectivity index is 2.12. The van der Waals surface area contributed by atoms with E-state index in [0.29, 0.717) is 16.9 Å². The lowest BCUT2D eigenvalue weighted by Gasteiger charge is -1.99. The average molecular weight is 264 g/mol. The molecule has 0 radical (unpaired) electrons. The molecule has 0 aliphatic heterocycles. The summed E-state index contributed by atoms with van der Waals surface area (Å²) in [5.74, 6) is 0.580. The lowest BCUT2D eigenvalue weighted by atomic mass is 10.1. The Bertz CT molecular complexity index is 571. The van der Waals surface area contributed by atoms with Gasteiger partial charge in [0.2, 0.25) is 0 Å². The molecule has 1 aromatic carbocycles. The number of fused-ring (bicyclic) bond motifs is 1.